The summed E-state index contributed by atoms with van der Waals surface area (Å²) in [5, 5.41) is 4.42. The fraction of sp³-hybridized carbons (Fsp3) is 0.160. The molecule has 11 nitrogen and oxygen atoms in total. The minimum absolute atomic E-state index is 0.0828. The molecule has 2 aromatic carbocycles. The molecule has 0 atom stereocenters. The van der Waals surface area contributed by atoms with Crippen LogP contribution in [0.15, 0.2) is 57.9 Å². The second-order valence-corrected chi connectivity index (χ2v) is 8.10. The second kappa shape index (κ2) is 9.00. The Labute approximate surface area is 212 Å². The number of nitrogens with zero attached hydrogens (tertiary/aromatic N) is 4. The number of carbonyl (C=O) groups excluding carboxylic acids is 2. The van der Waals surface area contributed by atoms with Crippen LogP contribution in [-0.2, 0) is 16.1 Å². The van der Waals surface area contributed by atoms with Crippen LogP contribution in [0.1, 0.15) is 10.4 Å². The van der Waals surface area contributed by atoms with Gasteiger partial charge in [0, 0.05) is 24.4 Å². The fourth-order valence-electron chi connectivity index (χ4n) is 3.88. The van der Waals surface area contributed by atoms with Crippen molar-refractivity contribution in [2.75, 3.05) is 19.1 Å². The molecule has 0 radical (unpaired) electrons. The summed E-state index contributed by atoms with van der Waals surface area (Å²) in [5.74, 6) is -1.71. The first-order valence-electron chi connectivity index (χ1n) is 10.9. The number of likely N-dealkylation sites (N-methyl/N-ethyl adjacent to an activating group) is 1. The van der Waals surface area contributed by atoms with Crippen molar-refractivity contribution in [1.82, 2.24) is 9.78 Å². The van der Waals surface area contributed by atoms with Crippen molar-refractivity contribution >= 4 is 34.2 Å². The number of aromatic nitrogens is 2. The minimum atomic E-state index is -3.81. The van der Waals surface area contributed by atoms with Gasteiger partial charge in [0.25, 0.3) is 5.56 Å². The Balaban J connectivity index is 1.52. The summed E-state index contributed by atoms with van der Waals surface area (Å²) < 4.78 is 46.6. The van der Waals surface area contributed by atoms with E-state index in [1.54, 1.807) is 0 Å². The largest absolute Gasteiger partial charge is 0.586 e. The summed E-state index contributed by atoms with van der Waals surface area (Å²) in [6.45, 7) is 6.83. The second-order valence-electron chi connectivity index (χ2n) is 8.10. The number of furan rings is 1. The van der Waals surface area contributed by atoms with E-state index in [-0.39, 0.29) is 50.7 Å². The molecule has 13 heteroatoms. The molecular formula is C25H16F2N4O7. The Bertz CT molecular complexity index is 1720. The Morgan fingerprint density at radius 1 is 1.16 bits per heavy atom. The summed E-state index contributed by atoms with van der Waals surface area (Å²) >= 11 is 0. The molecule has 1 aliphatic heterocycles. The van der Waals surface area contributed by atoms with Gasteiger partial charge in [-0.05, 0) is 42.0 Å². The highest BCUT2D eigenvalue weighted by atomic mass is 19.3. The number of rotatable bonds is 5. The zero-order chi connectivity index (χ0) is 27.2. The normalized spacial score (nSPS) is 13.2. The molecule has 38 heavy (non-hydrogen) atoms. The lowest BCUT2D eigenvalue weighted by Gasteiger charge is -2.18. The molecule has 3 heterocycles. The van der Waals surface area contributed by atoms with E-state index in [0.717, 1.165) is 9.58 Å². The number of halogens is 2. The number of fused-ring (bicyclic) bond motifs is 2. The van der Waals surface area contributed by atoms with Crippen molar-refractivity contribution in [3.63, 3.8) is 0 Å². The number of amides is 1. The van der Waals surface area contributed by atoms with Crippen molar-refractivity contribution in [2.24, 2.45) is 0 Å². The number of hydrogen-bond acceptors (Lipinski definition) is 8. The molecule has 0 bridgehead atoms. The van der Waals surface area contributed by atoms with Gasteiger partial charge in [-0.2, -0.15) is 5.10 Å². The Hall–Kier alpha value is -5.25. The lowest BCUT2D eigenvalue weighted by molar-refractivity contribution is -0.286. The van der Waals surface area contributed by atoms with Crippen LogP contribution in [-0.4, -0.2) is 42.1 Å². The van der Waals surface area contributed by atoms with Gasteiger partial charge in [-0.15, -0.1) is 8.78 Å². The molecular weight excluding hydrogens is 506 g/mol. The molecule has 0 aliphatic carbocycles. The van der Waals surface area contributed by atoms with Gasteiger partial charge < -0.3 is 23.5 Å². The van der Waals surface area contributed by atoms with E-state index in [9.17, 15) is 23.2 Å². The predicted octanol–water partition coefficient (Wildman–Crippen LogP) is 3.98. The maximum absolute atomic E-state index is 13.4. The molecule has 5 rings (SSSR count). The van der Waals surface area contributed by atoms with Gasteiger partial charge in [0.1, 0.15) is 12.2 Å². The fourth-order valence-corrected chi connectivity index (χ4v) is 3.88. The lowest BCUT2D eigenvalue weighted by Crippen LogP contribution is -2.35. The highest BCUT2D eigenvalue weighted by molar-refractivity contribution is 5.96. The molecule has 0 fully saturated rings. The summed E-state index contributed by atoms with van der Waals surface area (Å²) in [6.07, 6.45) is -2.53. The van der Waals surface area contributed by atoms with Gasteiger partial charge >= 0.3 is 12.3 Å². The third kappa shape index (κ3) is 4.28. The maximum Gasteiger partial charge on any atom is 0.586 e. The third-order valence-corrected chi connectivity index (χ3v) is 5.74. The first kappa shape index (κ1) is 24.4. The topological polar surface area (TPSA) is 117 Å². The van der Waals surface area contributed by atoms with Gasteiger partial charge in [0.15, 0.2) is 22.8 Å². The summed E-state index contributed by atoms with van der Waals surface area (Å²) in [4.78, 5) is 42.8. The van der Waals surface area contributed by atoms with Crippen LogP contribution >= 0.6 is 0 Å². The van der Waals surface area contributed by atoms with Crippen LogP contribution in [0.25, 0.3) is 27.1 Å². The van der Waals surface area contributed by atoms with Crippen LogP contribution in [0.3, 0.4) is 0 Å². The molecule has 0 spiro atoms. The SMILES string of the molecule is [C-]#[N+]c1cc(C(=O)OC)cc(-c2nn(CC(=O)N(C)c3ccc4c(c3)OC(F)(F)O4)c(=O)c3ccoc23)c1. The summed E-state index contributed by atoms with van der Waals surface area (Å²) in [7, 11) is 2.59. The lowest BCUT2D eigenvalue weighted by atomic mass is 10.1. The van der Waals surface area contributed by atoms with Crippen LogP contribution in [0.4, 0.5) is 20.2 Å². The summed E-state index contributed by atoms with van der Waals surface area (Å²) in [6, 6.07) is 9.46. The standard InChI is InChI=1S/C25H16F2N4O7/c1-28-15-9-13(8-14(10-15)24(34)35-3)21-22-17(6-7-36-22)23(33)31(29-21)12-20(32)30(2)16-4-5-18-19(11-16)38-25(26,27)37-18/h4-11H,12H2,2-3H3. The molecule has 192 valence electrons. The van der Waals surface area contributed by atoms with E-state index in [2.05, 4.69) is 19.4 Å². The maximum atomic E-state index is 13.4. The van der Waals surface area contributed by atoms with Gasteiger partial charge in [-0.25, -0.2) is 14.3 Å². The number of alkyl halides is 2. The number of hydrogen-bond donors (Lipinski definition) is 0. The van der Waals surface area contributed by atoms with E-state index in [1.807, 2.05) is 0 Å². The zero-order valence-electron chi connectivity index (χ0n) is 19.7. The number of benzene rings is 2. The third-order valence-electron chi connectivity index (χ3n) is 5.74. The Kier molecular flexibility index (Phi) is 5.79. The minimum Gasteiger partial charge on any atom is -0.465 e. The van der Waals surface area contributed by atoms with Gasteiger partial charge in [-0.3, -0.25) is 9.59 Å². The molecule has 0 saturated carbocycles. The number of anilines is 1. The van der Waals surface area contributed by atoms with E-state index in [4.69, 9.17) is 15.7 Å². The van der Waals surface area contributed by atoms with Crippen molar-refractivity contribution in [3.05, 3.63) is 76.1 Å². The number of esters is 1. The Morgan fingerprint density at radius 2 is 1.92 bits per heavy atom. The molecule has 2 aromatic heterocycles. The number of ether oxygens (including phenoxy) is 3. The smallest absolute Gasteiger partial charge is 0.465 e. The monoisotopic (exact) mass is 522 g/mol. The van der Waals surface area contributed by atoms with Crippen molar-refractivity contribution < 1.29 is 37.0 Å². The van der Waals surface area contributed by atoms with Crippen LogP contribution in [0.5, 0.6) is 11.5 Å². The molecule has 4 aromatic rings. The molecule has 1 aliphatic rings. The van der Waals surface area contributed by atoms with E-state index >= 15 is 0 Å². The average molecular weight is 522 g/mol. The Morgan fingerprint density at radius 3 is 2.66 bits per heavy atom. The van der Waals surface area contributed by atoms with Crippen LogP contribution < -0.4 is 19.9 Å². The predicted molar refractivity (Wildman–Crippen MR) is 127 cm³/mol. The zero-order valence-corrected chi connectivity index (χ0v) is 19.7. The molecule has 0 unspecified atom stereocenters. The first-order chi connectivity index (χ1) is 18.1. The van der Waals surface area contributed by atoms with Crippen LogP contribution in [0.2, 0.25) is 0 Å². The van der Waals surface area contributed by atoms with Crippen molar-refractivity contribution in [3.8, 4) is 22.8 Å². The quantitative estimate of drug-likeness (QED) is 0.285. The molecule has 0 N–H and O–H groups in total. The molecule has 0 saturated heterocycles. The van der Waals surface area contributed by atoms with E-state index in [1.165, 1.54) is 62.9 Å². The highest BCUT2D eigenvalue weighted by Crippen LogP contribution is 2.42. The van der Waals surface area contributed by atoms with E-state index < -0.39 is 30.3 Å². The van der Waals surface area contributed by atoms with E-state index in [0.29, 0.717) is 0 Å². The average Bonchev–Trinajstić information content (AvgIpc) is 3.51. The number of methoxy groups -OCH3 is 1. The van der Waals surface area contributed by atoms with Gasteiger partial charge in [0.2, 0.25) is 5.91 Å². The highest BCUT2D eigenvalue weighted by Gasteiger charge is 2.43. The van der Waals surface area contributed by atoms with Crippen molar-refractivity contribution in [1.29, 1.82) is 0 Å². The molecule has 1 amide bonds. The van der Waals surface area contributed by atoms with Crippen molar-refractivity contribution in [2.45, 2.75) is 12.8 Å². The summed E-state index contributed by atoms with van der Waals surface area (Å²) in [5.41, 5.74) is 0.276. The van der Waals surface area contributed by atoms with Gasteiger partial charge in [0.05, 0.1) is 25.3 Å². The number of carbonyl (C=O) groups is 2. The van der Waals surface area contributed by atoms with Gasteiger partial charge in [-0.1, -0.05) is 0 Å². The first-order valence-corrected chi connectivity index (χ1v) is 10.9. The van der Waals surface area contributed by atoms with Crippen LogP contribution in [0, 0.1) is 6.57 Å².